The van der Waals surface area contributed by atoms with Gasteiger partial charge in [-0.2, -0.15) is 0 Å². The minimum atomic E-state index is -0.302. The van der Waals surface area contributed by atoms with Crippen LogP contribution < -0.4 is 15.7 Å². The van der Waals surface area contributed by atoms with Crippen LogP contribution in [-0.2, 0) is 24.1 Å². The van der Waals surface area contributed by atoms with E-state index < -0.39 is 0 Å². The highest BCUT2D eigenvalue weighted by Gasteiger charge is 2.20. The summed E-state index contributed by atoms with van der Waals surface area (Å²) >= 11 is 4.91. The Bertz CT molecular complexity index is 1410. The highest BCUT2D eigenvalue weighted by Crippen LogP contribution is 2.32. The van der Waals surface area contributed by atoms with Crippen molar-refractivity contribution in [3.8, 4) is 17.0 Å². The van der Waals surface area contributed by atoms with Crippen molar-refractivity contribution in [2.75, 3.05) is 11.9 Å². The summed E-state index contributed by atoms with van der Waals surface area (Å²) in [5.74, 6) is 0.173. The van der Waals surface area contributed by atoms with E-state index in [1.165, 1.54) is 11.3 Å². The third-order valence-corrected chi connectivity index (χ3v) is 7.34. The van der Waals surface area contributed by atoms with Gasteiger partial charge in [-0.3, -0.25) is 10.1 Å². The van der Waals surface area contributed by atoms with Gasteiger partial charge in [-0.25, -0.2) is 9.78 Å². The zero-order valence-corrected chi connectivity index (χ0v) is 20.3. The molecule has 0 unspecified atom stereocenters. The van der Waals surface area contributed by atoms with E-state index in [0.29, 0.717) is 16.5 Å². The molecule has 6 nitrogen and oxygen atoms in total. The summed E-state index contributed by atoms with van der Waals surface area (Å²) in [5, 5.41) is 4.31. The number of rotatable bonds is 6. The van der Waals surface area contributed by atoms with E-state index in [1.54, 1.807) is 12.1 Å². The largest absolute Gasteiger partial charge is 0.484 e. The number of amides is 1. The number of hydrogen-bond donors (Lipinski definition) is 1. The van der Waals surface area contributed by atoms with Gasteiger partial charge in [-0.15, -0.1) is 11.3 Å². The first-order chi connectivity index (χ1) is 16.0. The minimum absolute atomic E-state index is 0.171. The second-order valence-electron chi connectivity index (χ2n) is 7.85. The molecule has 168 valence electrons. The number of halogens is 1. The van der Waals surface area contributed by atoms with Crippen LogP contribution in [0.25, 0.3) is 22.2 Å². The van der Waals surface area contributed by atoms with E-state index in [4.69, 9.17) is 9.15 Å². The maximum atomic E-state index is 12.5. The molecular weight excluding hydrogens is 504 g/mol. The fraction of sp³-hybridized carbons (Fsp3) is 0.240. The van der Waals surface area contributed by atoms with E-state index in [9.17, 15) is 9.59 Å². The molecule has 1 N–H and O–H groups in total. The lowest BCUT2D eigenvalue weighted by molar-refractivity contribution is -0.118. The average molecular weight is 525 g/mol. The zero-order chi connectivity index (χ0) is 22.9. The number of hydrogen-bond acceptors (Lipinski definition) is 6. The second-order valence-corrected chi connectivity index (χ2v) is 9.85. The maximum Gasteiger partial charge on any atom is 0.339 e. The lowest BCUT2D eigenvalue weighted by Crippen LogP contribution is -2.20. The molecule has 1 aliphatic carbocycles. The molecule has 1 amide bonds. The fourth-order valence-electron chi connectivity index (χ4n) is 4.14. The summed E-state index contributed by atoms with van der Waals surface area (Å²) in [7, 11) is 0. The molecule has 0 saturated carbocycles. The van der Waals surface area contributed by atoms with Gasteiger partial charge in [-0.05, 0) is 55.5 Å². The van der Waals surface area contributed by atoms with Crippen LogP contribution in [-0.4, -0.2) is 17.5 Å². The molecule has 0 radical (unpaired) electrons. The molecule has 33 heavy (non-hydrogen) atoms. The Morgan fingerprint density at radius 1 is 1.18 bits per heavy atom. The predicted octanol–water partition coefficient (Wildman–Crippen LogP) is 5.75. The predicted molar refractivity (Wildman–Crippen MR) is 133 cm³/mol. The van der Waals surface area contributed by atoms with Crippen LogP contribution in [0, 0.1) is 0 Å². The number of nitrogens with one attached hydrogen (secondary N) is 1. The van der Waals surface area contributed by atoms with Crippen LogP contribution in [0.4, 0.5) is 5.13 Å². The number of fused-ring (bicyclic) bond motifs is 3. The van der Waals surface area contributed by atoms with E-state index in [0.717, 1.165) is 62.8 Å². The molecule has 0 aliphatic heterocycles. The van der Waals surface area contributed by atoms with Crippen molar-refractivity contribution in [2.45, 2.75) is 32.6 Å². The van der Waals surface area contributed by atoms with Gasteiger partial charge in [0.25, 0.3) is 5.91 Å². The standard InChI is InChI=1S/C25H21BrN2O4S/c1-2-21-23(14-6-8-15(26)9-7-14)28-25(33-21)27-22(29)13-31-16-10-11-18-17-4-3-5-19(17)24(30)32-20(18)12-16/h6-12H,2-5,13H2,1H3,(H,27,28,29). The van der Waals surface area contributed by atoms with Crippen LogP contribution in [0.5, 0.6) is 5.75 Å². The van der Waals surface area contributed by atoms with Gasteiger partial charge in [0, 0.05) is 31.9 Å². The first kappa shape index (κ1) is 21.9. The van der Waals surface area contributed by atoms with Crippen LogP contribution in [0.1, 0.15) is 29.3 Å². The highest BCUT2D eigenvalue weighted by atomic mass is 79.9. The number of nitrogens with zero attached hydrogens (tertiary/aromatic N) is 1. The number of thiazole rings is 1. The molecule has 2 heterocycles. The van der Waals surface area contributed by atoms with Gasteiger partial charge in [0.05, 0.1) is 5.69 Å². The van der Waals surface area contributed by atoms with Crippen molar-refractivity contribution in [2.24, 2.45) is 0 Å². The lowest BCUT2D eigenvalue weighted by atomic mass is 10.1. The highest BCUT2D eigenvalue weighted by molar-refractivity contribution is 9.10. The molecule has 4 aromatic rings. The van der Waals surface area contributed by atoms with Crippen LogP contribution >= 0.6 is 27.3 Å². The Balaban J connectivity index is 1.28. The van der Waals surface area contributed by atoms with Crippen molar-refractivity contribution >= 4 is 49.3 Å². The summed E-state index contributed by atoms with van der Waals surface area (Å²) in [6.07, 6.45) is 3.45. The van der Waals surface area contributed by atoms with Crippen molar-refractivity contribution in [3.63, 3.8) is 0 Å². The molecule has 0 spiro atoms. The maximum absolute atomic E-state index is 12.5. The Labute approximate surface area is 202 Å². The minimum Gasteiger partial charge on any atom is -0.484 e. The van der Waals surface area contributed by atoms with Gasteiger partial charge in [0.1, 0.15) is 11.3 Å². The fourth-order valence-corrected chi connectivity index (χ4v) is 5.34. The number of ether oxygens (including phenoxy) is 1. The average Bonchev–Trinajstić information content (AvgIpc) is 3.46. The number of aromatic nitrogens is 1. The Hall–Kier alpha value is -2.97. The topological polar surface area (TPSA) is 81.4 Å². The monoisotopic (exact) mass is 524 g/mol. The third kappa shape index (κ3) is 4.45. The molecule has 2 aromatic carbocycles. The number of aryl methyl sites for hydroxylation is 2. The molecule has 2 aromatic heterocycles. The van der Waals surface area contributed by atoms with E-state index in [1.807, 2.05) is 30.3 Å². The van der Waals surface area contributed by atoms with Gasteiger partial charge in [-0.1, -0.05) is 35.0 Å². The van der Waals surface area contributed by atoms with Gasteiger partial charge >= 0.3 is 5.63 Å². The van der Waals surface area contributed by atoms with Crippen molar-refractivity contribution in [1.82, 2.24) is 4.98 Å². The van der Waals surface area contributed by atoms with Crippen molar-refractivity contribution in [1.29, 1.82) is 0 Å². The van der Waals surface area contributed by atoms with E-state index in [2.05, 4.69) is 33.2 Å². The van der Waals surface area contributed by atoms with Crippen LogP contribution in [0.15, 0.2) is 56.1 Å². The van der Waals surface area contributed by atoms with Crippen molar-refractivity contribution in [3.05, 3.63) is 73.4 Å². The van der Waals surface area contributed by atoms with E-state index >= 15 is 0 Å². The smallest absolute Gasteiger partial charge is 0.339 e. The van der Waals surface area contributed by atoms with Crippen molar-refractivity contribution < 1.29 is 13.9 Å². The van der Waals surface area contributed by atoms with Crippen LogP contribution in [0.2, 0.25) is 0 Å². The summed E-state index contributed by atoms with van der Waals surface area (Å²) in [5.41, 5.74) is 3.96. The Morgan fingerprint density at radius 2 is 1.97 bits per heavy atom. The lowest BCUT2D eigenvalue weighted by Gasteiger charge is -2.08. The Morgan fingerprint density at radius 3 is 2.76 bits per heavy atom. The molecule has 0 bridgehead atoms. The Kier molecular flexibility index (Phi) is 6.03. The molecule has 8 heteroatoms. The molecule has 0 saturated heterocycles. The quantitative estimate of drug-likeness (QED) is 0.325. The first-order valence-corrected chi connectivity index (χ1v) is 12.4. The molecule has 0 atom stereocenters. The molecule has 0 fully saturated rings. The number of anilines is 1. The third-order valence-electron chi connectivity index (χ3n) is 5.70. The van der Waals surface area contributed by atoms with Gasteiger partial charge < -0.3 is 9.15 Å². The molecule has 5 rings (SSSR count). The molecular formula is C25H21BrN2O4S. The SMILES string of the molecule is CCc1sc(NC(=O)COc2ccc3c4c(c(=O)oc3c2)CCC4)nc1-c1ccc(Br)cc1. The molecule has 1 aliphatic rings. The second kappa shape index (κ2) is 9.11. The van der Waals surface area contributed by atoms with E-state index in [-0.39, 0.29) is 18.1 Å². The zero-order valence-electron chi connectivity index (χ0n) is 17.9. The normalized spacial score (nSPS) is 12.7. The number of benzene rings is 2. The summed E-state index contributed by atoms with van der Waals surface area (Å²) < 4.78 is 12.1. The summed E-state index contributed by atoms with van der Waals surface area (Å²) in [4.78, 5) is 30.4. The van der Waals surface area contributed by atoms with Gasteiger partial charge in [0.2, 0.25) is 0 Å². The number of carbonyl (C=O) groups excluding carboxylic acids is 1. The summed E-state index contributed by atoms with van der Waals surface area (Å²) in [6, 6.07) is 13.3. The first-order valence-electron chi connectivity index (χ1n) is 10.8. The van der Waals surface area contributed by atoms with Crippen LogP contribution in [0.3, 0.4) is 0 Å². The summed E-state index contributed by atoms with van der Waals surface area (Å²) in [6.45, 7) is 1.90. The number of carbonyl (C=O) groups is 1. The van der Waals surface area contributed by atoms with Gasteiger partial charge in [0.15, 0.2) is 11.7 Å².